The van der Waals surface area contributed by atoms with Crippen LogP contribution in [-0.2, 0) is 0 Å². The van der Waals surface area contributed by atoms with Gasteiger partial charge in [0.15, 0.2) is 5.82 Å². The second-order valence-electron chi connectivity index (χ2n) is 11.8. The number of aromatic nitrogens is 4. The molecule has 0 fully saturated rings. The number of hydrogen-bond donors (Lipinski definition) is 0. The molecule has 46 heavy (non-hydrogen) atoms. The van der Waals surface area contributed by atoms with Crippen LogP contribution in [-0.4, -0.2) is 19.1 Å². The monoisotopic (exact) mass is 622 g/mol. The average Bonchev–Trinajstić information content (AvgIpc) is 3.86. The van der Waals surface area contributed by atoms with Crippen LogP contribution in [0, 0.1) is 0 Å². The van der Waals surface area contributed by atoms with Gasteiger partial charge in [-0.15, -0.1) is 22.7 Å². The van der Waals surface area contributed by atoms with Crippen molar-refractivity contribution in [3.05, 3.63) is 134 Å². The van der Waals surface area contributed by atoms with Crippen molar-refractivity contribution in [2.75, 3.05) is 0 Å². The van der Waals surface area contributed by atoms with E-state index in [-0.39, 0.29) is 0 Å². The number of benzene rings is 6. The standard InChI is InChI=1S/C40H22N4S2/c1-2-12-23(13-3-1)43-30-20-10-6-16-26(30)32-33-27-17-7-11-21-31(27)45-37(33)34-35-39(46-38(34)36(32)43)40(42-22-41-35)44-28-18-8-4-14-24(28)25-15-5-9-19-29(25)44/h1-22H. The molecule has 0 spiro atoms. The second-order valence-corrected chi connectivity index (χ2v) is 13.8. The summed E-state index contributed by atoms with van der Waals surface area (Å²) in [6, 6.07) is 45.7. The molecule has 214 valence electrons. The maximum atomic E-state index is 5.07. The fourth-order valence-corrected chi connectivity index (χ4v) is 10.2. The number of nitrogens with zero attached hydrogens (tertiary/aromatic N) is 4. The zero-order chi connectivity index (χ0) is 29.9. The summed E-state index contributed by atoms with van der Waals surface area (Å²) in [5, 5.41) is 8.84. The van der Waals surface area contributed by atoms with E-state index in [1.165, 1.54) is 62.8 Å². The van der Waals surface area contributed by atoms with Gasteiger partial charge in [0.25, 0.3) is 0 Å². The van der Waals surface area contributed by atoms with Gasteiger partial charge in [0.2, 0.25) is 0 Å². The summed E-state index contributed by atoms with van der Waals surface area (Å²) < 4.78 is 9.71. The van der Waals surface area contributed by atoms with Crippen LogP contribution >= 0.6 is 22.7 Å². The molecule has 0 bridgehead atoms. The van der Waals surface area contributed by atoms with E-state index in [4.69, 9.17) is 9.97 Å². The highest BCUT2D eigenvalue weighted by Gasteiger charge is 2.26. The highest BCUT2D eigenvalue weighted by molar-refractivity contribution is 7.30. The summed E-state index contributed by atoms with van der Waals surface area (Å²) in [6.45, 7) is 0. The van der Waals surface area contributed by atoms with Gasteiger partial charge >= 0.3 is 0 Å². The summed E-state index contributed by atoms with van der Waals surface area (Å²) in [5.74, 6) is 0.924. The van der Waals surface area contributed by atoms with Crippen LogP contribution in [0.1, 0.15) is 0 Å². The zero-order valence-corrected chi connectivity index (χ0v) is 25.9. The normalized spacial score (nSPS) is 12.3. The van der Waals surface area contributed by atoms with Crippen molar-refractivity contribution in [2.45, 2.75) is 0 Å². The number of fused-ring (bicyclic) bond motifs is 15. The first-order valence-corrected chi connectivity index (χ1v) is 17.0. The minimum absolute atomic E-state index is 0.924. The van der Waals surface area contributed by atoms with Gasteiger partial charge in [-0.2, -0.15) is 0 Å². The molecule has 0 unspecified atom stereocenters. The van der Waals surface area contributed by atoms with Gasteiger partial charge in [-0.1, -0.05) is 91.0 Å². The van der Waals surface area contributed by atoms with Crippen molar-refractivity contribution in [3.63, 3.8) is 0 Å². The Morgan fingerprint density at radius 2 is 1.04 bits per heavy atom. The van der Waals surface area contributed by atoms with Crippen LogP contribution in [0.15, 0.2) is 134 Å². The van der Waals surface area contributed by atoms with Crippen molar-refractivity contribution >= 4 is 107 Å². The first-order valence-electron chi connectivity index (χ1n) is 15.3. The van der Waals surface area contributed by atoms with Crippen molar-refractivity contribution in [2.24, 2.45) is 0 Å². The molecular formula is C40H22N4S2. The summed E-state index contributed by atoms with van der Waals surface area (Å²) in [6.07, 6.45) is 1.75. The Morgan fingerprint density at radius 3 is 1.78 bits per heavy atom. The Labute approximate surface area is 270 Å². The fraction of sp³-hybridized carbons (Fsp3) is 0. The van der Waals surface area contributed by atoms with Crippen LogP contribution in [0.4, 0.5) is 0 Å². The Morgan fingerprint density at radius 1 is 0.435 bits per heavy atom. The molecule has 0 saturated heterocycles. The number of para-hydroxylation sites is 4. The molecule has 0 amide bonds. The zero-order valence-electron chi connectivity index (χ0n) is 24.3. The van der Waals surface area contributed by atoms with Crippen LogP contribution in [0.25, 0.3) is 95.6 Å². The van der Waals surface area contributed by atoms with E-state index in [9.17, 15) is 0 Å². The lowest BCUT2D eigenvalue weighted by molar-refractivity contribution is 1.08. The summed E-state index contributed by atoms with van der Waals surface area (Å²) in [5.41, 5.74) is 6.90. The van der Waals surface area contributed by atoms with Gasteiger partial charge in [0.1, 0.15) is 6.33 Å². The van der Waals surface area contributed by atoms with Gasteiger partial charge < -0.3 is 4.57 Å². The highest BCUT2D eigenvalue weighted by atomic mass is 32.1. The predicted molar refractivity (Wildman–Crippen MR) is 196 cm³/mol. The maximum Gasteiger partial charge on any atom is 0.159 e. The average molecular weight is 623 g/mol. The lowest BCUT2D eigenvalue weighted by atomic mass is 10.0. The summed E-state index contributed by atoms with van der Waals surface area (Å²) in [7, 11) is 0. The van der Waals surface area contributed by atoms with Gasteiger partial charge in [0, 0.05) is 52.8 Å². The van der Waals surface area contributed by atoms with Gasteiger partial charge in [-0.25, -0.2) is 9.97 Å². The quantitative estimate of drug-likeness (QED) is 0.192. The topological polar surface area (TPSA) is 35.6 Å². The number of thiophene rings is 2. The van der Waals surface area contributed by atoms with E-state index < -0.39 is 0 Å². The van der Waals surface area contributed by atoms with Crippen LogP contribution in [0.5, 0.6) is 0 Å². The fourth-order valence-electron chi connectivity index (χ4n) is 7.61. The minimum Gasteiger partial charge on any atom is -0.308 e. The third kappa shape index (κ3) is 3.07. The molecule has 11 aromatic rings. The molecule has 4 nitrogen and oxygen atoms in total. The van der Waals surface area contributed by atoms with Crippen molar-refractivity contribution in [1.29, 1.82) is 0 Å². The van der Waals surface area contributed by atoms with E-state index in [0.717, 1.165) is 32.8 Å². The van der Waals surface area contributed by atoms with Gasteiger partial charge in [-0.05, 0) is 36.4 Å². The van der Waals surface area contributed by atoms with Gasteiger partial charge in [0.05, 0.1) is 37.0 Å². The van der Waals surface area contributed by atoms with Crippen molar-refractivity contribution in [3.8, 4) is 11.5 Å². The molecule has 6 aromatic carbocycles. The molecule has 0 atom stereocenters. The first-order chi connectivity index (χ1) is 22.9. The summed E-state index contributed by atoms with van der Waals surface area (Å²) in [4.78, 5) is 10.1. The molecule has 0 aliphatic rings. The molecule has 5 heterocycles. The number of rotatable bonds is 2. The first kappa shape index (κ1) is 24.7. The molecule has 5 aromatic heterocycles. The van der Waals surface area contributed by atoms with E-state index in [1.807, 2.05) is 22.7 Å². The third-order valence-corrected chi connectivity index (χ3v) is 11.8. The third-order valence-electron chi connectivity index (χ3n) is 9.42. The Bertz CT molecular complexity index is 2980. The molecule has 0 radical (unpaired) electrons. The van der Waals surface area contributed by atoms with Crippen molar-refractivity contribution < 1.29 is 0 Å². The highest BCUT2D eigenvalue weighted by Crippen LogP contribution is 2.52. The molecular weight excluding hydrogens is 601 g/mol. The summed E-state index contributed by atoms with van der Waals surface area (Å²) >= 11 is 3.70. The van der Waals surface area contributed by atoms with E-state index in [0.29, 0.717) is 0 Å². The van der Waals surface area contributed by atoms with E-state index >= 15 is 0 Å². The molecule has 6 heteroatoms. The van der Waals surface area contributed by atoms with Gasteiger partial charge in [-0.3, -0.25) is 4.57 Å². The largest absolute Gasteiger partial charge is 0.308 e. The minimum atomic E-state index is 0.924. The van der Waals surface area contributed by atoms with E-state index in [1.54, 1.807) is 6.33 Å². The maximum absolute atomic E-state index is 5.07. The Hall–Kier alpha value is -5.56. The lowest BCUT2D eigenvalue weighted by Crippen LogP contribution is -1.98. The molecule has 0 N–H and O–H groups in total. The number of hydrogen-bond acceptors (Lipinski definition) is 4. The predicted octanol–water partition coefficient (Wildman–Crippen LogP) is 11.4. The van der Waals surface area contributed by atoms with E-state index in [2.05, 4.69) is 137 Å². The lowest BCUT2D eigenvalue weighted by Gasteiger charge is -2.08. The molecule has 11 rings (SSSR count). The smallest absolute Gasteiger partial charge is 0.159 e. The second kappa shape index (κ2) is 9.01. The van der Waals surface area contributed by atoms with Crippen LogP contribution in [0.3, 0.4) is 0 Å². The molecule has 0 saturated carbocycles. The van der Waals surface area contributed by atoms with Crippen LogP contribution < -0.4 is 0 Å². The van der Waals surface area contributed by atoms with Crippen LogP contribution in [0.2, 0.25) is 0 Å². The molecule has 0 aliphatic heterocycles. The van der Waals surface area contributed by atoms with Crippen molar-refractivity contribution in [1.82, 2.24) is 19.1 Å². The Kier molecular flexibility index (Phi) is 4.84. The Balaban J connectivity index is 1.42. The molecule has 0 aliphatic carbocycles. The SMILES string of the molecule is c1ccc(-n2c3ccccc3c3c4c5ccccc5sc4c4c5ncnc(-n6c7ccccc7c7ccccc76)c5sc4c32)cc1.